The minimum atomic E-state index is -0.896. The molecule has 0 aliphatic rings. The molecule has 0 saturated heterocycles. The first-order valence-corrected chi connectivity index (χ1v) is 8.35. The average molecular weight is 316 g/mol. The number of benzene rings is 1. The molecule has 0 saturated carbocycles. The Labute approximate surface area is 137 Å². The van der Waals surface area contributed by atoms with E-state index in [0.717, 1.165) is 24.0 Å². The highest BCUT2D eigenvalue weighted by molar-refractivity contribution is 5.55. The Balaban J connectivity index is 1.79. The number of unbranched alkanes of at least 4 members (excludes halogenated alkanes) is 3. The predicted molar refractivity (Wildman–Crippen MR) is 91.4 cm³/mol. The molecule has 1 atom stereocenters. The molecule has 1 unspecified atom stereocenters. The lowest BCUT2D eigenvalue weighted by Gasteiger charge is -2.10. The summed E-state index contributed by atoms with van der Waals surface area (Å²) in [5.74, 6) is 1.36. The maximum absolute atomic E-state index is 13.8. The molecular weight excluding hydrogens is 291 g/mol. The summed E-state index contributed by atoms with van der Waals surface area (Å²) < 4.78 is 19.3. The van der Waals surface area contributed by atoms with Crippen LogP contribution in [0.15, 0.2) is 36.7 Å². The second-order valence-electron chi connectivity index (χ2n) is 5.87. The molecule has 23 heavy (non-hydrogen) atoms. The van der Waals surface area contributed by atoms with Crippen molar-refractivity contribution in [2.24, 2.45) is 0 Å². The van der Waals surface area contributed by atoms with Crippen LogP contribution in [0.3, 0.4) is 0 Å². The third-order valence-corrected chi connectivity index (χ3v) is 3.70. The van der Waals surface area contributed by atoms with Gasteiger partial charge in [0, 0.05) is 18.0 Å². The summed E-state index contributed by atoms with van der Waals surface area (Å²) in [6, 6.07) is 7.47. The lowest BCUT2D eigenvalue weighted by molar-refractivity contribution is 0.184. The quantitative estimate of drug-likeness (QED) is 0.601. The van der Waals surface area contributed by atoms with Gasteiger partial charge in [-0.2, -0.15) is 0 Å². The number of hydrogen-bond acceptors (Lipinski definition) is 3. The number of aryl methyl sites for hydroxylation is 1. The van der Waals surface area contributed by atoms with Crippen molar-refractivity contribution in [2.75, 3.05) is 6.61 Å². The molecule has 0 aliphatic heterocycles. The van der Waals surface area contributed by atoms with Crippen molar-refractivity contribution in [3.63, 3.8) is 0 Å². The second kappa shape index (κ2) is 9.23. The van der Waals surface area contributed by atoms with Crippen LogP contribution >= 0.6 is 0 Å². The highest BCUT2D eigenvalue weighted by atomic mass is 19.1. The Morgan fingerprint density at radius 2 is 1.74 bits per heavy atom. The van der Waals surface area contributed by atoms with Gasteiger partial charge in [-0.05, 0) is 43.2 Å². The Kier molecular flexibility index (Phi) is 6.98. The van der Waals surface area contributed by atoms with Gasteiger partial charge in [-0.3, -0.25) is 0 Å². The van der Waals surface area contributed by atoms with Crippen LogP contribution in [0.2, 0.25) is 0 Å². The highest BCUT2D eigenvalue weighted by Crippen LogP contribution is 2.20. The number of hydrogen-bond donors (Lipinski definition) is 0. The maximum Gasteiger partial charge on any atom is 0.159 e. The summed E-state index contributed by atoms with van der Waals surface area (Å²) in [4.78, 5) is 8.58. The van der Waals surface area contributed by atoms with Gasteiger partial charge < -0.3 is 4.74 Å². The average Bonchev–Trinajstić information content (AvgIpc) is 2.58. The van der Waals surface area contributed by atoms with Gasteiger partial charge in [-0.15, -0.1) is 0 Å². The van der Waals surface area contributed by atoms with Crippen molar-refractivity contribution in [1.29, 1.82) is 0 Å². The van der Waals surface area contributed by atoms with Gasteiger partial charge in [0.1, 0.15) is 18.5 Å². The molecule has 1 aromatic heterocycles. The summed E-state index contributed by atoms with van der Waals surface area (Å²) in [6.07, 6.45) is 7.64. The van der Waals surface area contributed by atoms with Crippen molar-refractivity contribution < 1.29 is 9.13 Å². The van der Waals surface area contributed by atoms with E-state index < -0.39 is 6.17 Å². The molecule has 0 aliphatic carbocycles. The Bertz CT molecular complexity index is 569. The molecule has 124 valence electrons. The largest absolute Gasteiger partial charge is 0.491 e. The number of aromatic nitrogens is 2. The summed E-state index contributed by atoms with van der Waals surface area (Å²) >= 11 is 0. The van der Waals surface area contributed by atoms with Crippen LogP contribution in [-0.4, -0.2) is 22.7 Å². The lowest BCUT2D eigenvalue weighted by atomic mass is 10.1. The molecule has 2 aromatic rings. The summed E-state index contributed by atoms with van der Waals surface area (Å²) in [5, 5.41) is 0. The van der Waals surface area contributed by atoms with E-state index in [1.54, 1.807) is 12.4 Å². The van der Waals surface area contributed by atoms with Crippen LogP contribution in [-0.2, 0) is 0 Å². The van der Waals surface area contributed by atoms with E-state index in [1.165, 1.54) is 12.8 Å². The smallest absolute Gasteiger partial charge is 0.159 e. The number of nitrogens with zero attached hydrogens (tertiary/aromatic N) is 2. The summed E-state index contributed by atoms with van der Waals surface area (Å²) in [5.41, 5.74) is 1.95. The van der Waals surface area contributed by atoms with Crippen LogP contribution < -0.4 is 4.74 Å². The van der Waals surface area contributed by atoms with Crippen LogP contribution in [0.5, 0.6) is 5.75 Å². The van der Waals surface area contributed by atoms with Gasteiger partial charge in [-0.1, -0.05) is 32.6 Å². The first-order chi connectivity index (χ1) is 11.2. The maximum atomic E-state index is 13.8. The third-order valence-electron chi connectivity index (χ3n) is 3.70. The summed E-state index contributed by atoms with van der Waals surface area (Å²) in [6.45, 7) is 4.23. The normalized spacial score (nSPS) is 12.1. The third kappa shape index (κ3) is 5.97. The van der Waals surface area contributed by atoms with E-state index in [4.69, 9.17) is 4.74 Å². The van der Waals surface area contributed by atoms with Crippen LogP contribution in [0.25, 0.3) is 11.4 Å². The SMILES string of the molecule is CCCCCCC(F)COc1ccc(-c2ncc(C)cn2)cc1. The van der Waals surface area contributed by atoms with E-state index in [-0.39, 0.29) is 6.61 Å². The Morgan fingerprint density at radius 1 is 1.04 bits per heavy atom. The first kappa shape index (κ1) is 17.4. The molecule has 3 nitrogen and oxygen atoms in total. The number of alkyl halides is 1. The van der Waals surface area contributed by atoms with Crippen LogP contribution in [0, 0.1) is 6.92 Å². The fourth-order valence-corrected chi connectivity index (χ4v) is 2.30. The Hall–Kier alpha value is -1.97. The van der Waals surface area contributed by atoms with E-state index in [1.807, 2.05) is 31.2 Å². The molecule has 0 N–H and O–H groups in total. The van der Waals surface area contributed by atoms with Crippen LogP contribution in [0.4, 0.5) is 4.39 Å². The van der Waals surface area contributed by atoms with Crippen molar-refractivity contribution in [2.45, 2.75) is 52.1 Å². The van der Waals surface area contributed by atoms with Crippen molar-refractivity contribution >= 4 is 0 Å². The van der Waals surface area contributed by atoms with Gasteiger partial charge >= 0.3 is 0 Å². The van der Waals surface area contributed by atoms with Crippen molar-refractivity contribution in [3.8, 4) is 17.1 Å². The number of ether oxygens (including phenoxy) is 1. The zero-order valence-electron chi connectivity index (χ0n) is 14.0. The monoisotopic (exact) mass is 316 g/mol. The highest BCUT2D eigenvalue weighted by Gasteiger charge is 2.08. The van der Waals surface area contributed by atoms with Gasteiger partial charge in [0.25, 0.3) is 0 Å². The molecule has 0 radical (unpaired) electrons. The Morgan fingerprint density at radius 3 is 2.39 bits per heavy atom. The zero-order chi connectivity index (χ0) is 16.5. The van der Waals surface area contributed by atoms with E-state index in [2.05, 4.69) is 16.9 Å². The fraction of sp³-hybridized carbons (Fsp3) is 0.474. The van der Waals surface area contributed by atoms with Crippen molar-refractivity contribution in [1.82, 2.24) is 9.97 Å². The number of halogens is 1. The molecule has 0 bridgehead atoms. The van der Waals surface area contributed by atoms with Gasteiger partial charge in [-0.25, -0.2) is 14.4 Å². The molecule has 1 heterocycles. The van der Waals surface area contributed by atoms with Gasteiger partial charge in [0.05, 0.1) is 0 Å². The number of rotatable bonds is 9. The van der Waals surface area contributed by atoms with E-state index in [0.29, 0.717) is 18.0 Å². The van der Waals surface area contributed by atoms with Crippen LogP contribution in [0.1, 0.15) is 44.6 Å². The molecule has 2 rings (SSSR count). The van der Waals surface area contributed by atoms with E-state index >= 15 is 0 Å². The predicted octanol–water partition coefficient (Wildman–Crippen LogP) is 5.14. The molecule has 0 fully saturated rings. The minimum Gasteiger partial charge on any atom is -0.491 e. The molecular formula is C19H25FN2O. The van der Waals surface area contributed by atoms with Gasteiger partial charge in [0.2, 0.25) is 0 Å². The van der Waals surface area contributed by atoms with Crippen molar-refractivity contribution in [3.05, 3.63) is 42.2 Å². The molecule has 4 heteroatoms. The zero-order valence-corrected chi connectivity index (χ0v) is 14.0. The summed E-state index contributed by atoms with van der Waals surface area (Å²) in [7, 11) is 0. The topological polar surface area (TPSA) is 35.0 Å². The second-order valence-corrected chi connectivity index (χ2v) is 5.87. The molecule has 0 spiro atoms. The van der Waals surface area contributed by atoms with Gasteiger partial charge in [0.15, 0.2) is 5.82 Å². The lowest BCUT2D eigenvalue weighted by Crippen LogP contribution is -2.12. The first-order valence-electron chi connectivity index (χ1n) is 8.35. The standard InChI is InChI=1S/C19H25FN2O/c1-3-4-5-6-7-17(20)14-23-18-10-8-16(9-11-18)19-21-12-15(2)13-22-19/h8-13,17H,3-7,14H2,1-2H3. The molecule has 1 aromatic carbocycles. The minimum absolute atomic E-state index is 0.118. The fourth-order valence-electron chi connectivity index (χ4n) is 2.30. The van der Waals surface area contributed by atoms with E-state index in [9.17, 15) is 4.39 Å². The molecule has 0 amide bonds.